The molecule has 0 aliphatic heterocycles. The average molecular weight is 401 g/mol. The summed E-state index contributed by atoms with van der Waals surface area (Å²) in [5.41, 5.74) is 2.00. The van der Waals surface area contributed by atoms with Crippen LogP contribution in [0.25, 0.3) is 11.2 Å². The Morgan fingerprint density at radius 2 is 2.07 bits per heavy atom. The van der Waals surface area contributed by atoms with E-state index in [0.29, 0.717) is 45.8 Å². The predicted molar refractivity (Wildman–Crippen MR) is 109 cm³/mol. The highest BCUT2D eigenvalue weighted by Gasteiger charge is 2.17. The molecule has 3 aromatic rings. The molecule has 0 radical (unpaired) electrons. The zero-order chi connectivity index (χ0) is 19.3. The Hall–Kier alpha value is -2.52. The van der Waals surface area contributed by atoms with E-state index in [4.69, 9.17) is 4.74 Å². The molecule has 1 unspecified atom stereocenters. The van der Waals surface area contributed by atoms with Crippen molar-refractivity contribution in [1.29, 1.82) is 0 Å². The molecule has 28 heavy (non-hydrogen) atoms. The molecule has 0 saturated heterocycles. The molecule has 1 aliphatic rings. The summed E-state index contributed by atoms with van der Waals surface area (Å²) in [6.07, 6.45) is 9.34. The summed E-state index contributed by atoms with van der Waals surface area (Å²) in [6.45, 7) is 0.687. The van der Waals surface area contributed by atoms with Gasteiger partial charge in [0.2, 0.25) is 0 Å². The van der Waals surface area contributed by atoms with Crippen LogP contribution in [-0.4, -0.2) is 37.8 Å². The van der Waals surface area contributed by atoms with Crippen LogP contribution < -0.4 is 14.8 Å². The molecule has 8 nitrogen and oxygen atoms in total. The molecule has 0 amide bonds. The number of nitrogens with zero attached hydrogens (tertiary/aromatic N) is 3. The minimum atomic E-state index is -1.29. The summed E-state index contributed by atoms with van der Waals surface area (Å²) in [4.78, 5) is 16.3. The van der Waals surface area contributed by atoms with Gasteiger partial charge < -0.3 is 15.0 Å². The van der Waals surface area contributed by atoms with Gasteiger partial charge in [0.15, 0.2) is 11.5 Å². The van der Waals surface area contributed by atoms with Gasteiger partial charge in [-0.3, -0.25) is 0 Å². The molecule has 0 bridgehead atoms. The van der Waals surface area contributed by atoms with E-state index >= 15 is 0 Å². The number of benzene rings is 1. The highest BCUT2D eigenvalue weighted by atomic mass is 32.2. The predicted octanol–water partition coefficient (Wildman–Crippen LogP) is 3.30. The van der Waals surface area contributed by atoms with Crippen molar-refractivity contribution in [2.24, 2.45) is 5.92 Å². The Kier molecular flexibility index (Phi) is 5.82. The topological polar surface area (TPSA) is 105 Å². The zero-order valence-corrected chi connectivity index (χ0v) is 16.6. The van der Waals surface area contributed by atoms with Gasteiger partial charge in [0, 0.05) is 0 Å². The zero-order valence-electron chi connectivity index (χ0n) is 15.8. The normalized spacial score (nSPS) is 16.2. The van der Waals surface area contributed by atoms with Gasteiger partial charge >= 0.3 is 0 Å². The summed E-state index contributed by atoms with van der Waals surface area (Å²) >= 11 is 0. The Balaban J connectivity index is 1.61. The lowest BCUT2D eigenvalue weighted by Gasteiger charge is -2.22. The Morgan fingerprint density at radius 1 is 1.21 bits per heavy atom. The summed E-state index contributed by atoms with van der Waals surface area (Å²) in [6, 6.07) is 5.51. The van der Waals surface area contributed by atoms with Crippen molar-refractivity contribution >= 4 is 33.7 Å². The standard InChI is InChI=1S/C19H24N6O2S/c1-20-28(26)14-7-8-16(27-10-13-5-3-2-4-6-13)15(9-14)25-19-17-18(22-11-21-17)23-12-24-19/h7-9,11-13,20H,2-6,10H2,1H3,(H2,21,22,23,24,25). The van der Waals surface area contributed by atoms with Crippen LogP contribution in [0, 0.1) is 5.92 Å². The summed E-state index contributed by atoms with van der Waals surface area (Å²) in [5.74, 6) is 1.90. The molecule has 2 aromatic heterocycles. The molecule has 3 N–H and O–H groups in total. The molecule has 2 heterocycles. The average Bonchev–Trinajstić information content (AvgIpc) is 3.23. The van der Waals surface area contributed by atoms with E-state index in [9.17, 15) is 4.21 Å². The maximum absolute atomic E-state index is 12.2. The summed E-state index contributed by atoms with van der Waals surface area (Å²) in [7, 11) is 0.369. The van der Waals surface area contributed by atoms with Crippen molar-refractivity contribution < 1.29 is 8.95 Å². The number of anilines is 2. The first-order valence-electron chi connectivity index (χ1n) is 9.51. The van der Waals surface area contributed by atoms with Crippen molar-refractivity contribution in [3.8, 4) is 5.75 Å². The molecule has 148 valence electrons. The molecule has 0 spiro atoms. The largest absolute Gasteiger partial charge is 0.491 e. The van der Waals surface area contributed by atoms with Crippen molar-refractivity contribution in [1.82, 2.24) is 24.7 Å². The maximum atomic E-state index is 12.2. The van der Waals surface area contributed by atoms with Crippen molar-refractivity contribution in [2.75, 3.05) is 19.0 Å². The minimum Gasteiger partial charge on any atom is -0.491 e. The number of nitrogens with one attached hydrogen (secondary N) is 3. The first-order valence-corrected chi connectivity index (χ1v) is 10.7. The van der Waals surface area contributed by atoms with Gasteiger partial charge in [-0.1, -0.05) is 19.3 Å². The molecule has 1 saturated carbocycles. The van der Waals surface area contributed by atoms with Crippen LogP contribution in [0.3, 0.4) is 0 Å². The molecule has 4 rings (SSSR count). The van der Waals surface area contributed by atoms with E-state index < -0.39 is 11.0 Å². The molecule has 1 fully saturated rings. The summed E-state index contributed by atoms with van der Waals surface area (Å²) in [5, 5.41) is 3.30. The third-order valence-electron chi connectivity index (χ3n) is 5.03. The van der Waals surface area contributed by atoms with E-state index in [0.717, 1.165) is 0 Å². The molecule has 1 aliphatic carbocycles. The molecular formula is C19H24N6O2S. The number of hydrogen-bond donors (Lipinski definition) is 3. The van der Waals surface area contributed by atoms with Crippen LogP contribution in [-0.2, 0) is 11.0 Å². The lowest BCUT2D eigenvalue weighted by atomic mass is 9.90. The lowest BCUT2D eigenvalue weighted by molar-refractivity contribution is 0.209. The first-order chi connectivity index (χ1) is 13.7. The van der Waals surface area contributed by atoms with Crippen LogP contribution in [0.1, 0.15) is 32.1 Å². The third-order valence-corrected chi connectivity index (χ3v) is 6.08. The second-order valence-corrected chi connectivity index (χ2v) is 8.31. The van der Waals surface area contributed by atoms with Crippen LogP contribution in [0.5, 0.6) is 5.75 Å². The van der Waals surface area contributed by atoms with Gasteiger partial charge in [0.05, 0.1) is 23.5 Å². The number of rotatable bonds is 7. The van der Waals surface area contributed by atoms with Crippen molar-refractivity contribution in [2.45, 2.75) is 37.0 Å². The lowest BCUT2D eigenvalue weighted by Crippen LogP contribution is -2.16. The van der Waals surface area contributed by atoms with Gasteiger partial charge in [0.1, 0.15) is 28.6 Å². The quantitative estimate of drug-likeness (QED) is 0.562. The van der Waals surface area contributed by atoms with Crippen LogP contribution >= 0.6 is 0 Å². The molecule has 1 atom stereocenters. The second-order valence-electron chi connectivity index (χ2n) is 6.89. The fraction of sp³-hybridized carbons (Fsp3) is 0.421. The van der Waals surface area contributed by atoms with E-state index in [1.54, 1.807) is 13.4 Å². The fourth-order valence-electron chi connectivity index (χ4n) is 3.51. The highest BCUT2D eigenvalue weighted by molar-refractivity contribution is 7.83. The summed E-state index contributed by atoms with van der Waals surface area (Å²) < 4.78 is 21.1. The number of ether oxygens (including phenoxy) is 1. The van der Waals surface area contributed by atoms with Gasteiger partial charge in [-0.25, -0.2) is 23.9 Å². The van der Waals surface area contributed by atoms with E-state index in [1.807, 2.05) is 18.2 Å². The minimum absolute atomic E-state index is 0.581. The molecule has 9 heteroatoms. The number of fused-ring (bicyclic) bond motifs is 1. The Labute approximate surface area is 166 Å². The van der Waals surface area contributed by atoms with E-state index in [-0.39, 0.29) is 0 Å². The number of aromatic amines is 1. The molecular weight excluding hydrogens is 376 g/mol. The van der Waals surface area contributed by atoms with E-state index in [2.05, 4.69) is 30.0 Å². The first kappa shape index (κ1) is 18.8. The van der Waals surface area contributed by atoms with E-state index in [1.165, 1.54) is 38.4 Å². The monoisotopic (exact) mass is 400 g/mol. The number of aromatic nitrogens is 4. The third kappa shape index (κ3) is 4.15. The fourth-order valence-corrected chi connectivity index (χ4v) is 4.17. The smallest absolute Gasteiger partial charge is 0.182 e. The van der Waals surface area contributed by atoms with Gasteiger partial charge in [0.25, 0.3) is 0 Å². The van der Waals surface area contributed by atoms with Crippen molar-refractivity contribution in [3.63, 3.8) is 0 Å². The van der Waals surface area contributed by atoms with Gasteiger partial charge in [-0.15, -0.1) is 0 Å². The Bertz CT molecular complexity index is 970. The SMILES string of the molecule is CNS(=O)c1ccc(OCC2CCCCC2)c(Nc2ncnc3nc[nH]c23)c1. The number of hydrogen-bond acceptors (Lipinski definition) is 6. The Morgan fingerprint density at radius 3 is 2.89 bits per heavy atom. The highest BCUT2D eigenvalue weighted by Crippen LogP contribution is 2.32. The second kappa shape index (κ2) is 8.66. The molecule has 1 aromatic carbocycles. The van der Waals surface area contributed by atoms with Gasteiger partial charge in [-0.05, 0) is 44.0 Å². The number of H-pyrrole nitrogens is 1. The maximum Gasteiger partial charge on any atom is 0.182 e. The van der Waals surface area contributed by atoms with Crippen molar-refractivity contribution in [3.05, 3.63) is 30.9 Å². The van der Waals surface area contributed by atoms with Crippen LogP contribution in [0.4, 0.5) is 11.5 Å². The number of imidazole rings is 1. The van der Waals surface area contributed by atoms with Gasteiger partial charge in [-0.2, -0.15) is 0 Å². The van der Waals surface area contributed by atoms with Crippen LogP contribution in [0.2, 0.25) is 0 Å². The van der Waals surface area contributed by atoms with Crippen LogP contribution in [0.15, 0.2) is 35.7 Å².